The Morgan fingerprint density at radius 3 is 2.73 bits per heavy atom. The number of ether oxygens (including phenoxy) is 2. The summed E-state index contributed by atoms with van der Waals surface area (Å²) < 4.78 is 12.6. The van der Waals surface area contributed by atoms with Crippen molar-refractivity contribution in [2.75, 3.05) is 32.6 Å². The number of rotatable bonds is 6. The van der Waals surface area contributed by atoms with E-state index in [4.69, 9.17) is 14.5 Å². The molecular formula is C21H29N3O4S2. The van der Waals surface area contributed by atoms with Gasteiger partial charge in [-0.25, -0.2) is 4.98 Å². The molecule has 1 aliphatic heterocycles. The highest BCUT2D eigenvalue weighted by atomic mass is 32.2. The van der Waals surface area contributed by atoms with Gasteiger partial charge in [0.1, 0.15) is 4.83 Å². The van der Waals surface area contributed by atoms with Gasteiger partial charge in [0.2, 0.25) is 5.91 Å². The van der Waals surface area contributed by atoms with Gasteiger partial charge < -0.3 is 14.4 Å². The number of aryl methyl sites for hydroxylation is 2. The molecule has 30 heavy (non-hydrogen) atoms. The topological polar surface area (TPSA) is 73.7 Å². The molecule has 2 aliphatic rings. The van der Waals surface area contributed by atoms with Crippen molar-refractivity contribution in [1.29, 1.82) is 0 Å². The summed E-state index contributed by atoms with van der Waals surface area (Å²) in [5.41, 5.74) is 1.19. The Bertz CT molecular complexity index is 977. The molecule has 0 bridgehead atoms. The SMILES string of the molecule is COCCn1c(SCC(=O)N2CC(C)OC(C)C2)nc2sc3c(c2c1=O)CCCC3. The minimum absolute atomic E-state index is 0.0000147. The molecule has 1 saturated heterocycles. The fourth-order valence-electron chi connectivity index (χ4n) is 4.31. The van der Waals surface area contributed by atoms with Gasteiger partial charge >= 0.3 is 0 Å². The van der Waals surface area contributed by atoms with Gasteiger partial charge in [-0.2, -0.15) is 0 Å². The largest absolute Gasteiger partial charge is 0.383 e. The number of hydrogen-bond donors (Lipinski definition) is 0. The van der Waals surface area contributed by atoms with E-state index in [1.807, 2.05) is 18.7 Å². The average molecular weight is 452 g/mol. The molecule has 164 valence electrons. The summed E-state index contributed by atoms with van der Waals surface area (Å²) in [6.07, 6.45) is 4.35. The number of carbonyl (C=O) groups is 1. The highest BCUT2D eigenvalue weighted by Gasteiger charge is 2.27. The fourth-order valence-corrected chi connectivity index (χ4v) is 6.54. The van der Waals surface area contributed by atoms with Gasteiger partial charge in [-0.3, -0.25) is 14.2 Å². The molecule has 4 rings (SSSR count). The molecule has 7 nitrogen and oxygen atoms in total. The van der Waals surface area contributed by atoms with Crippen LogP contribution in [0.2, 0.25) is 0 Å². The number of thioether (sulfide) groups is 1. The number of nitrogens with zero attached hydrogens (tertiary/aromatic N) is 3. The maximum Gasteiger partial charge on any atom is 0.263 e. The summed E-state index contributed by atoms with van der Waals surface area (Å²) in [7, 11) is 1.63. The molecule has 0 aromatic carbocycles. The van der Waals surface area contributed by atoms with Crippen LogP contribution in [0, 0.1) is 0 Å². The van der Waals surface area contributed by atoms with Crippen LogP contribution in [0.3, 0.4) is 0 Å². The number of carbonyl (C=O) groups excluding carboxylic acids is 1. The van der Waals surface area contributed by atoms with Gasteiger partial charge in [0.15, 0.2) is 5.16 Å². The normalized spacial score (nSPS) is 21.8. The lowest BCUT2D eigenvalue weighted by Crippen LogP contribution is -2.48. The molecule has 0 saturated carbocycles. The average Bonchev–Trinajstić information content (AvgIpc) is 3.09. The molecule has 0 N–H and O–H groups in total. The summed E-state index contributed by atoms with van der Waals surface area (Å²) >= 11 is 2.99. The van der Waals surface area contributed by atoms with Gasteiger partial charge in [0, 0.05) is 25.1 Å². The minimum atomic E-state index is 0.0000147. The first-order chi connectivity index (χ1) is 14.5. The number of fused-ring (bicyclic) bond motifs is 3. The van der Waals surface area contributed by atoms with Crippen LogP contribution < -0.4 is 5.56 Å². The van der Waals surface area contributed by atoms with E-state index in [1.54, 1.807) is 23.0 Å². The molecule has 9 heteroatoms. The second-order valence-electron chi connectivity index (χ2n) is 8.08. The second-order valence-corrected chi connectivity index (χ2v) is 10.1. The lowest BCUT2D eigenvalue weighted by Gasteiger charge is -2.35. The van der Waals surface area contributed by atoms with Gasteiger partial charge in [-0.15, -0.1) is 11.3 Å². The molecule has 2 aromatic rings. The number of hydrogen-bond acceptors (Lipinski definition) is 7. The van der Waals surface area contributed by atoms with E-state index < -0.39 is 0 Å². The third-order valence-electron chi connectivity index (χ3n) is 5.66. The Balaban J connectivity index is 1.60. The molecule has 3 heterocycles. The monoisotopic (exact) mass is 451 g/mol. The van der Waals surface area contributed by atoms with Crippen LogP contribution in [0.5, 0.6) is 0 Å². The van der Waals surface area contributed by atoms with E-state index in [-0.39, 0.29) is 29.4 Å². The molecule has 1 amide bonds. The predicted molar refractivity (Wildman–Crippen MR) is 120 cm³/mol. The van der Waals surface area contributed by atoms with Crippen molar-refractivity contribution in [3.05, 3.63) is 20.8 Å². The Morgan fingerprint density at radius 2 is 2.00 bits per heavy atom. The molecule has 2 aromatic heterocycles. The van der Waals surface area contributed by atoms with Crippen molar-refractivity contribution in [2.24, 2.45) is 0 Å². The molecule has 1 aliphatic carbocycles. The van der Waals surface area contributed by atoms with Crippen molar-refractivity contribution in [2.45, 2.75) is 63.4 Å². The third-order valence-corrected chi connectivity index (χ3v) is 7.80. The van der Waals surface area contributed by atoms with E-state index in [2.05, 4.69) is 0 Å². The zero-order valence-corrected chi connectivity index (χ0v) is 19.4. The van der Waals surface area contributed by atoms with Crippen LogP contribution >= 0.6 is 23.1 Å². The van der Waals surface area contributed by atoms with E-state index in [1.165, 1.54) is 28.6 Å². The lowest BCUT2D eigenvalue weighted by atomic mass is 9.97. The van der Waals surface area contributed by atoms with Gasteiger partial charge in [0.05, 0.1) is 36.5 Å². The van der Waals surface area contributed by atoms with E-state index in [0.717, 1.165) is 29.5 Å². The summed E-state index contributed by atoms with van der Waals surface area (Å²) in [5, 5.41) is 1.38. The van der Waals surface area contributed by atoms with Crippen LogP contribution in [0.4, 0.5) is 0 Å². The third kappa shape index (κ3) is 4.44. The molecule has 2 atom stereocenters. The first-order valence-electron chi connectivity index (χ1n) is 10.6. The number of thiophene rings is 1. The van der Waals surface area contributed by atoms with Gasteiger partial charge in [-0.05, 0) is 45.1 Å². The smallest absolute Gasteiger partial charge is 0.263 e. The first-order valence-corrected chi connectivity index (χ1v) is 12.4. The Labute approximate surface area is 184 Å². The maximum absolute atomic E-state index is 13.4. The van der Waals surface area contributed by atoms with E-state index in [9.17, 15) is 9.59 Å². The molecular weight excluding hydrogens is 422 g/mol. The summed E-state index contributed by atoms with van der Waals surface area (Å²) in [4.78, 5) is 35.0. The van der Waals surface area contributed by atoms with E-state index in [0.29, 0.717) is 31.4 Å². The zero-order valence-electron chi connectivity index (χ0n) is 17.8. The minimum Gasteiger partial charge on any atom is -0.383 e. The Hall–Kier alpha value is -1.42. The number of aromatic nitrogens is 2. The quantitative estimate of drug-likeness (QED) is 0.497. The Kier molecular flexibility index (Phi) is 6.81. The summed E-state index contributed by atoms with van der Waals surface area (Å²) in [6, 6.07) is 0. The lowest BCUT2D eigenvalue weighted by molar-refractivity contribution is -0.140. The van der Waals surface area contributed by atoms with Gasteiger partial charge in [-0.1, -0.05) is 11.8 Å². The molecule has 0 spiro atoms. The standard InChI is InChI=1S/C21H29N3O4S2/c1-13-10-23(11-14(2)28-13)17(25)12-29-21-22-19-18(20(26)24(21)8-9-27-3)15-6-4-5-7-16(15)30-19/h13-14H,4-12H2,1-3H3. The number of amides is 1. The van der Waals surface area contributed by atoms with Crippen molar-refractivity contribution < 1.29 is 14.3 Å². The Morgan fingerprint density at radius 1 is 1.27 bits per heavy atom. The molecule has 0 radical (unpaired) electrons. The van der Waals surface area contributed by atoms with Crippen LogP contribution in [0.1, 0.15) is 37.1 Å². The van der Waals surface area contributed by atoms with Crippen molar-refractivity contribution in [3.8, 4) is 0 Å². The van der Waals surface area contributed by atoms with Crippen LogP contribution in [-0.2, 0) is 33.7 Å². The van der Waals surface area contributed by atoms with Crippen LogP contribution in [0.15, 0.2) is 9.95 Å². The zero-order chi connectivity index (χ0) is 21.3. The van der Waals surface area contributed by atoms with Crippen molar-refractivity contribution in [1.82, 2.24) is 14.5 Å². The number of methoxy groups -OCH3 is 1. The molecule has 2 unspecified atom stereocenters. The van der Waals surface area contributed by atoms with Crippen molar-refractivity contribution >= 4 is 39.2 Å². The number of morpholine rings is 1. The predicted octanol–water partition coefficient (Wildman–Crippen LogP) is 2.71. The van der Waals surface area contributed by atoms with Crippen LogP contribution in [-0.4, -0.2) is 65.1 Å². The second kappa shape index (κ2) is 9.38. The molecule has 1 fully saturated rings. The highest BCUT2D eigenvalue weighted by molar-refractivity contribution is 7.99. The van der Waals surface area contributed by atoms with Crippen LogP contribution in [0.25, 0.3) is 10.2 Å². The maximum atomic E-state index is 13.4. The first kappa shape index (κ1) is 21.8. The fraction of sp³-hybridized carbons (Fsp3) is 0.667. The summed E-state index contributed by atoms with van der Waals surface area (Å²) in [6.45, 7) is 6.04. The van der Waals surface area contributed by atoms with E-state index >= 15 is 0 Å². The van der Waals surface area contributed by atoms with Gasteiger partial charge in [0.25, 0.3) is 5.56 Å². The highest BCUT2D eigenvalue weighted by Crippen LogP contribution is 2.34. The summed E-state index contributed by atoms with van der Waals surface area (Å²) in [5.74, 6) is 0.315. The van der Waals surface area contributed by atoms with Crippen molar-refractivity contribution in [3.63, 3.8) is 0 Å².